The minimum Gasteiger partial charge on any atom is -0.478 e. The number of fused-ring (bicyclic) bond motifs is 1. The molecule has 4 atom stereocenters. The van der Waals surface area contributed by atoms with E-state index in [4.69, 9.17) is 13.9 Å². The lowest BCUT2D eigenvalue weighted by atomic mass is 10.0. The summed E-state index contributed by atoms with van der Waals surface area (Å²) in [4.78, 5) is 32.8. The van der Waals surface area contributed by atoms with Crippen LogP contribution in [0.1, 0.15) is 20.7 Å². The molecule has 2 aromatic heterocycles. The van der Waals surface area contributed by atoms with E-state index in [0.717, 1.165) is 0 Å². The fraction of sp³-hybridized carbons (Fsp3) is 0.273. The zero-order valence-electron chi connectivity index (χ0n) is 16.8. The average Bonchev–Trinajstić information content (AvgIpc) is 3.54. The summed E-state index contributed by atoms with van der Waals surface area (Å²) in [5.74, 6) is -0.585. The molecule has 32 heavy (non-hydrogen) atoms. The number of hydrogen-bond acceptors (Lipinski definition) is 8. The van der Waals surface area contributed by atoms with Crippen LogP contribution >= 0.6 is 0 Å². The molecule has 164 valence electrons. The van der Waals surface area contributed by atoms with Gasteiger partial charge in [0.1, 0.15) is 17.9 Å². The molecule has 5 rings (SSSR count). The number of aromatic carboxylic acids is 1. The normalized spacial score (nSPS) is 24.1. The number of carboxylic acid groups (broad SMARTS) is 1. The molecule has 0 spiro atoms. The van der Waals surface area contributed by atoms with Crippen molar-refractivity contribution in [2.45, 2.75) is 24.3 Å². The van der Waals surface area contributed by atoms with E-state index in [-0.39, 0.29) is 36.0 Å². The molecule has 0 saturated carbocycles. The van der Waals surface area contributed by atoms with Gasteiger partial charge in [0, 0.05) is 6.20 Å². The number of ether oxygens (including phenoxy) is 2. The van der Waals surface area contributed by atoms with Crippen LogP contribution in [0.3, 0.4) is 0 Å². The van der Waals surface area contributed by atoms with Gasteiger partial charge in [0.25, 0.3) is 5.91 Å². The number of carbonyl (C=O) groups is 2. The number of furan rings is 1. The van der Waals surface area contributed by atoms with E-state index in [1.165, 1.54) is 12.1 Å². The van der Waals surface area contributed by atoms with Gasteiger partial charge < -0.3 is 29.6 Å². The standard InChI is InChI=1S/C22H20N4O6/c27-20(12-4-1-2-5-13(12)21(28)29)24-15-10-31-19-16(11-32-18(15)19)26-22-23-8-7-14(25-22)17-6-3-9-30-17/h1-9,15-16,18-19H,10-11H2,(H,24,27)(H,28,29)(H,23,25,26)/t15-,16-,18+,19+/m0/s1. The van der Waals surface area contributed by atoms with Gasteiger partial charge in [-0.15, -0.1) is 0 Å². The highest BCUT2D eigenvalue weighted by Crippen LogP contribution is 2.29. The number of benzene rings is 1. The molecule has 10 heteroatoms. The van der Waals surface area contributed by atoms with Crippen LogP contribution in [-0.2, 0) is 9.47 Å². The summed E-state index contributed by atoms with van der Waals surface area (Å²) in [6.07, 6.45) is 2.53. The Morgan fingerprint density at radius 1 is 0.969 bits per heavy atom. The molecular weight excluding hydrogens is 416 g/mol. The quantitative estimate of drug-likeness (QED) is 0.528. The van der Waals surface area contributed by atoms with E-state index in [0.29, 0.717) is 24.0 Å². The van der Waals surface area contributed by atoms with Crippen molar-refractivity contribution >= 4 is 17.8 Å². The van der Waals surface area contributed by atoms with E-state index in [9.17, 15) is 14.7 Å². The lowest BCUT2D eigenvalue weighted by molar-refractivity contribution is 0.0646. The first kappa shape index (κ1) is 20.2. The molecule has 2 fully saturated rings. The topological polar surface area (TPSA) is 136 Å². The Bertz CT molecular complexity index is 1130. The Hall–Kier alpha value is -3.76. The molecule has 0 bridgehead atoms. The third-order valence-corrected chi connectivity index (χ3v) is 5.52. The smallest absolute Gasteiger partial charge is 0.336 e. The van der Waals surface area contributed by atoms with Gasteiger partial charge in [-0.1, -0.05) is 12.1 Å². The second kappa shape index (κ2) is 8.40. The molecule has 2 aliphatic rings. The van der Waals surface area contributed by atoms with Crippen LogP contribution < -0.4 is 10.6 Å². The number of amides is 1. The summed E-state index contributed by atoms with van der Waals surface area (Å²) < 4.78 is 17.2. The fourth-order valence-corrected chi connectivity index (χ4v) is 4.02. The van der Waals surface area contributed by atoms with Crippen LogP contribution in [0.2, 0.25) is 0 Å². The van der Waals surface area contributed by atoms with Crippen molar-refractivity contribution in [3.8, 4) is 11.5 Å². The Morgan fingerprint density at radius 2 is 1.72 bits per heavy atom. The second-order valence-corrected chi connectivity index (χ2v) is 7.52. The fourth-order valence-electron chi connectivity index (χ4n) is 4.02. The van der Waals surface area contributed by atoms with Crippen molar-refractivity contribution in [2.24, 2.45) is 0 Å². The molecule has 0 aliphatic carbocycles. The molecule has 0 unspecified atom stereocenters. The Labute approximate surface area is 182 Å². The number of carboxylic acids is 1. The molecule has 3 N–H and O–H groups in total. The van der Waals surface area contributed by atoms with E-state index in [1.807, 2.05) is 6.07 Å². The van der Waals surface area contributed by atoms with Gasteiger partial charge in [-0.25, -0.2) is 14.8 Å². The van der Waals surface area contributed by atoms with E-state index in [1.54, 1.807) is 36.7 Å². The maximum atomic E-state index is 12.7. The SMILES string of the molecule is O=C(O)c1ccccc1C(=O)N[C@H]1CO[C@H]2[C@@H]1OC[C@@H]2Nc1nccc(-c2ccco2)n1. The maximum absolute atomic E-state index is 12.7. The molecule has 2 aliphatic heterocycles. The van der Waals surface area contributed by atoms with Crippen LogP contribution in [0, 0.1) is 0 Å². The molecular formula is C22H20N4O6. The summed E-state index contributed by atoms with van der Waals surface area (Å²) in [6.45, 7) is 0.601. The lowest BCUT2D eigenvalue weighted by Gasteiger charge is -2.19. The van der Waals surface area contributed by atoms with E-state index in [2.05, 4.69) is 20.6 Å². The lowest BCUT2D eigenvalue weighted by Crippen LogP contribution is -2.45. The monoisotopic (exact) mass is 436 g/mol. The Kier molecular flexibility index (Phi) is 5.29. The predicted octanol–water partition coefficient (Wildman–Crippen LogP) is 1.81. The minimum atomic E-state index is -1.16. The molecule has 2 saturated heterocycles. The van der Waals surface area contributed by atoms with Gasteiger partial charge in [-0.2, -0.15) is 0 Å². The number of aromatic nitrogens is 2. The van der Waals surface area contributed by atoms with Crippen LogP contribution in [0.4, 0.5) is 5.95 Å². The third-order valence-electron chi connectivity index (χ3n) is 5.52. The largest absolute Gasteiger partial charge is 0.478 e. The summed E-state index contributed by atoms with van der Waals surface area (Å²) in [6, 6.07) is 10.8. The predicted molar refractivity (Wildman–Crippen MR) is 111 cm³/mol. The number of nitrogens with one attached hydrogen (secondary N) is 2. The van der Waals surface area contributed by atoms with Crippen LogP contribution in [0.15, 0.2) is 59.3 Å². The van der Waals surface area contributed by atoms with Crippen LogP contribution in [-0.4, -0.2) is 64.5 Å². The van der Waals surface area contributed by atoms with Gasteiger partial charge in [0.05, 0.1) is 42.7 Å². The van der Waals surface area contributed by atoms with Crippen molar-refractivity contribution in [3.63, 3.8) is 0 Å². The van der Waals surface area contributed by atoms with Crippen molar-refractivity contribution < 1.29 is 28.6 Å². The van der Waals surface area contributed by atoms with Gasteiger partial charge >= 0.3 is 5.97 Å². The highest BCUT2D eigenvalue weighted by atomic mass is 16.6. The van der Waals surface area contributed by atoms with Crippen molar-refractivity contribution in [2.75, 3.05) is 18.5 Å². The molecule has 4 heterocycles. The van der Waals surface area contributed by atoms with Crippen LogP contribution in [0.5, 0.6) is 0 Å². The second-order valence-electron chi connectivity index (χ2n) is 7.52. The molecule has 3 aromatic rings. The third kappa shape index (κ3) is 3.81. The number of anilines is 1. The minimum absolute atomic E-state index is 0.0547. The molecule has 1 aromatic carbocycles. The molecule has 10 nitrogen and oxygen atoms in total. The van der Waals surface area contributed by atoms with Gasteiger partial charge in [0.15, 0.2) is 5.76 Å². The summed E-state index contributed by atoms with van der Waals surface area (Å²) in [7, 11) is 0. The van der Waals surface area contributed by atoms with Crippen molar-refractivity contribution in [3.05, 3.63) is 66.1 Å². The number of nitrogens with zero attached hydrogens (tertiary/aromatic N) is 2. The van der Waals surface area contributed by atoms with E-state index < -0.39 is 17.9 Å². The van der Waals surface area contributed by atoms with Crippen molar-refractivity contribution in [1.82, 2.24) is 15.3 Å². The van der Waals surface area contributed by atoms with Gasteiger partial charge in [-0.3, -0.25) is 4.79 Å². The van der Waals surface area contributed by atoms with Crippen molar-refractivity contribution in [1.29, 1.82) is 0 Å². The Balaban J connectivity index is 1.25. The zero-order valence-corrected chi connectivity index (χ0v) is 16.8. The van der Waals surface area contributed by atoms with E-state index >= 15 is 0 Å². The number of carbonyl (C=O) groups excluding carboxylic acids is 1. The molecule has 1 amide bonds. The highest BCUT2D eigenvalue weighted by Gasteiger charge is 2.48. The Morgan fingerprint density at radius 3 is 2.47 bits per heavy atom. The highest BCUT2D eigenvalue weighted by molar-refractivity contribution is 6.04. The maximum Gasteiger partial charge on any atom is 0.336 e. The first-order valence-corrected chi connectivity index (χ1v) is 10.1. The number of hydrogen-bond donors (Lipinski definition) is 3. The summed E-state index contributed by atoms with van der Waals surface area (Å²) in [5, 5.41) is 15.4. The van der Waals surface area contributed by atoms with Gasteiger partial charge in [0.2, 0.25) is 5.95 Å². The first-order valence-electron chi connectivity index (χ1n) is 10.1. The summed E-state index contributed by atoms with van der Waals surface area (Å²) in [5.41, 5.74) is 0.692. The zero-order chi connectivity index (χ0) is 22.1. The number of rotatable bonds is 6. The van der Waals surface area contributed by atoms with Crippen LogP contribution in [0.25, 0.3) is 11.5 Å². The summed E-state index contributed by atoms with van der Waals surface area (Å²) >= 11 is 0. The average molecular weight is 436 g/mol. The van der Waals surface area contributed by atoms with Gasteiger partial charge in [-0.05, 0) is 30.3 Å². The molecule has 0 radical (unpaired) electrons. The first-order chi connectivity index (χ1) is 15.6.